The predicted octanol–water partition coefficient (Wildman–Crippen LogP) is 0.960. The van der Waals surface area contributed by atoms with Crippen LogP contribution in [0.25, 0.3) is 0 Å². The predicted molar refractivity (Wildman–Crippen MR) is 104 cm³/mol. The van der Waals surface area contributed by atoms with E-state index in [2.05, 4.69) is 22.3 Å². The molecule has 1 aromatic carbocycles. The van der Waals surface area contributed by atoms with Crippen LogP contribution in [0.5, 0.6) is 0 Å². The van der Waals surface area contributed by atoms with E-state index in [1.807, 2.05) is 30.3 Å². The molecule has 1 atom stereocenters. The molecule has 1 aliphatic heterocycles. The lowest BCUT2D eigenvalue weighted by Gasteiger charge is -2.40. The van der Waals surface area contributed by atoms with Gasteiger partial charge in [0, 0.05) is 26.2 Å². The van der Waals surface area contributed by atoms with Crippen molar-refractivity contribution in [1.82, 2.24) is 25.3 Å². The topological polar surface area (TPSA) is 96.3 Å². The average Bonchev–Trinajstić information content (AvgIpc) is 3.13. The molecule has 8 nitrogen and oxygen atoms in total. The molecular weight excluding hydrogens is 358 g/mol. The molecule has 28 heavy (non-hydrogen) atoms. The van der Waals surface area contributed by atoms with Crippen LogP contribution >= 0.6 is 0 Å². The third-order valence-corrected chi connectivity index (χ3v) is 4.93. The summed E-state index contributed by atoms with van der Waals surface area (Å²) in [5, 5.41) is 9.74. The van der Waals surface area contributed by atoms with Gasteiger partial charge < -0.3 is 15.5 Å². The molecule has 0 fully saturated rings. The number of amides is 3. The Labute approximate surface area is 163 Å². The van der Waals surface area contributed by atoms with E-state index >= 15 is 0 Å². The Morgan fingerprint density at radius 1 is 1.29 bits per heavy atom. The van der Waals surface area contributed by atoms with E-state index in [4.69, 9.17) is 0 Å². The summed E-state index contributed by atoms with van der Waals surface area (Å²) in [4.78, 5) is 39.2. The number of carbonyl (C=O) groups is 3. The number of aromatic nitrogens is 2. The quantitative estimate of drug-likeness (QED) is 0.729. The molecule has 1 aromatic heterocycles. The Morgan fingerprint density at radius 2 is 2.00 bits per heavy atom. The third kappa shape index (κ3) is 3.53. The van der Waals surface area contributed by atoms with Crippen LogP contribution in [-0.4, -0.2) is 51.5 Å². The van der Waals surface area contributed by atoms with E-state index < -0.39 is 11.4 Å². The third-order valence-electron chi connectivity index (χ3n) is 4.93. The fourth-order valence-electron chi connectivity index (χ4n) is 3.06. The molecule has 0 spiro atoms. The van der Waals surface area contributed by atoms with Crippen molar-refractivity contribution in [3.8, 4) is 0 Å². The fourth-order valence-corrected chi connectivity index (χ4v) is 3.06. The van der Waals surface area contributed by atoms with Crippen LogP contribution in [-0.2, 0) is 17.9 Å². The maximum atomic E-state index is 12.9. The molecule has 0 saturated carbocycles. The summed E-state index contributed by atoms with van der Waals surface area (Å²) in [7, 11) is 1.58. The maximum Gasteiger partial charge on any atom is 0.272 e. The van der Waals surface area contributed by atoms with Crippen molar-refractivity contribution >= 4 is 17.7 Å². The van der Waals surface area contributed by atoms with Crippen LogP contribution in [0, 0.1) is 0 Å². The first-order valence-corrected chi connectivity index (χ1v) is 8.94. The fraction of sp³-hybridized carbons (Fsp3) is 0.300. The van der Waals surface area contributed by atoms with Gasteiger partial charge in [-0.25, -0.2) is 0 Å². The van der Waals surface area contributed by atoms with Crippen LogP contribution in [0.1, 0.15) is 33.5 Å². The maximum absolute atomic E-state index is 12.9. The summed E-state index contributed by atoms with van der Waals surface area (Å²) in [5.41, 5.74) is 0.247. The summed E-state index contributed by atoms with van der Waals surface area (Å²) in [6.45, 7) is 6.05. The van der Waals surface area contributed by atoms with Gasteiger partial charge in [-0.15, -0.1) is 6.58 Å². The first-order valence-electron chi connectivity index (χ1n) is 8.94. The number of likely N-dealkylation sites (N-methyl/N-ethyl adjacent to an activating group) is 1. The smallest absolute Gasteiger partial charge is 0.272 e. The van der Waals surface area contributed by atoms with Crippen LogP contribution < -0.4 is 10.6 Å². The van der Waals surface area contributed by atoms with Crippen molar-refractivity contribution < 1.29 is 14.4 Å². The van der Waals surface area contributed by atoms with E-state index in [1.54, 1.807) is 20.0 Å². The minimum Gasteiger partial charge on any atom is -0.350 e. The monoisotopic (exact) mass is 381 g/mol. The lowest BCUT2D eigenvalue weighted by Crippen LogP contribution is -2.62. The normalized spacial score (nSPS) is 18.4. The minimum atomic E-state index is -1.13. The van der Waals surface area contributed by atoms with Gasteiger partial charge in [-0.2, -0.15) is 5.10 Å². The van der Waals surface area contributed by atoms with Gasteiger partial charge >= 0.3 is 0 Å². The number of rotatable bonds is 6. The molecule has 0 saturated heterocycles. The number of nitrogens with zero attached hydrogens (tertiary/aromatic N) is 3. The second-order valence-electron chi connectivity index (χ2n) is 6.88. The van der Waals surface area contributed by atoms with Crippen molar-refractivity contribution in [1.29, 1.82) is 0 Å². The first-order chi connectivity index (χ1) is 13.4. The summed E-state index contributed by atoms with van der Waals surface area (Å²) >= 11 is 0. The van der Waals surface area contributed by atoms with Crippen LogP contribution in [0.15, 0.2) is 49.1 Å². The Balaban J connectivity index is 1.79. The molecule has 2 heterocycles. The number of fused-ring (bicyclic) bond motifs is 1. The number of nitrogens with one attached hydrogen (secondary N) is 2. The summed E-state index contributed by atoms with van der Waals surface area (Å²) in [6, 6.07) is 11.0. The van der Waals surface area contributed by atoms with Gasteiger partial charge in [-0.05, 0) is 12.5 Å². The van der Waals surface area contributed by atoms with Crippen LogP contribution in [0.2, 0.25) is 0 Å². The highest BCUT2D eigenvalue weighted by Gasteiger charge is 2.46. The van der Waals surface area contributed by atoms with Crippen LogP contribution in [0.3, 0.4) is 0 Å². The zero-order valence-electron chi connectivity index (χ0n) is 15.9. The molecule has 3 rings (SSSR count). The zero-order valence-corrected chi connectivity index (χ0v) is 15.9. The van der Waals surface area contributed by atoms with Gasteiger partial charge in [0.2, 0.25) is 5.91 Å². The lowest BCUT2D eigenvalue weighted by molar-refractivity contribution is -0.132. The molecule has 2 aromatic rings. The van der Waals surface area contributed by atoms with Gasteiger partial charge in [-0.3, -0.25) is 19.1 Å². The number of benzene rings is 1. The van der Waals surface area contributed by atoms with Crippen molar-refractivity contribution in [3.05, 3.63) is 66.0 Å². The number of hydrogen-bond acceptors (Lipinski definition) is 4. The Hall–Kier alpha value is -3.42. The average molecular weight is 381 g/mol. The van der Waals surface area contributed by atoms with E-state index in [9.17, 15) is 14.4 Å². The van der Waals surface area contributed by atoms with E-state index in [1.165, 1.54) is 15.6 Å². The molecule has 0 bridgehead atoms. The Morgan fingerprint density at radius 3 is 2.68 bits per heavy atom. The van der Waals surface area contributed by atoms with Gasteiger partial charge in [0.15, 0.2) is 5.69 Å². The van der Waals surface area contributed by atoms with Gasteiger partial charge in [-0.1, -0.05) is 36.4 Å². The summed E-state index contributed by atoms with van der Waals surface area (Å²) < 4.78 is 1.42. The first kappa shape index (κ1) is 19.3. The zero-order chi connectivity index (χ0) is 20.3. The van der Waals surface area contributed by atoms with Gasteiger partial charge in [0.05, 0.1) is 6.54 Å². The Bertz CT molecular complexity index is 921. The summed E-state index contributed by atoms with van der Waals surface area (Å²) in [6.07, 6.45) is 1.56. The van der Waals surface area contributed by atoms with Gasteiger partial charge in [0.1, 0.15) is 11.2 Å². The molecule has 2 N–H and O–H groups in total. The SMILES string of the molecule is C=CCNC(=O)c1cc2n(n1)CC(C)(C(=O)NCc1ccccc1)N(C)C2=O. The highest BCUT2D eigenvalue weighted by molar-refractivity contribution is 6.01. The Kier molecular flexibility index (Phi) is 5.30. The molecule has 0 aliphatic carbocycles. The second-order valence-corrected chi connectivity index (χ2v) is 6.88. The van der Waals surface area contributed by atoms with Crippen molar-refractivity contribution in [2.45, 2.75) is 25.6 Å². The van der Waals surface area contributed by atoms with Crippen molar-refractivity contribution in [2.24, 2.45) is 0 Å². The van der Waals surface area contributed by atoms with Crippen molar-refractivity contribution in [2.75, 3.05) is 13.6 Å². The second kappa shape index (κ2) is 7.67. The standard InChI is InChI=1S/C20H23N5O3/c1-4-10-21-17(26)15-11-16-18(27)24(3)20(2,13-25(16)23-15)19(28)22-12-14-8-6-5-7-9-14/h4-9,11H,1,10,12-13H2,2-3H3,(H,21,26)(H,22,28). The molecule has 3 amide bonds. The summed E-state index contributed by atoms with van der Waals surface area (Å²) in [5.74, 6) is -1.04. The van der Waals surface area contributed by atoms with E-state index in [0.29, 0.717) is 13.1 Å². The number of hydrogen-bond donors (Lipinski definition) is 2. The molecular formula is C20H23N5O3. The highest BCUT2D eigenvalue weighted by Crippen LogP contribution is 2.26. The van der Waals surface area contributed by atoms with E-state index in [-0.39, 0.29) is 29.7 Å². The molecule has 8 heteroatoms. The van der Waals surface area contributed by atoms with E-state index in [0.717, 1.165) is 5.56 Å². The van der Waals surface area contributed by atoms with Crippen molar-refractivity contribution in [3.63, 3.8) is 0 Å². The van der Waals surface area contributed by atoms with Crippen LogP contribution in [0.4, 0.5) is 0 Å². The molecule has 1 aliphatic rings. The largest absolute Gasteiger partial charge is 0.350 e. The minimum absolute atomic E-state index is 0.132. The van der Waals surface area contributed by atoms with Gasteiger partial charge in [0.25, 0.3) is 11.8 Å². The highest BCUT2D eigenvalue weighted by atomic mass is 16.2. The molecule has 0 radical (unpaired) electrons. The molecule has 1 unspecified atom stereocenters. The molecule has 146 valence electrons. The lowest BCUT2D eigenvalue weighted by atomic mass is 9.96. The number of carbonyl (C=O) groups excluding carboxylic acids is 3.